The Balaban J connectivity index is 2.03. The Kier molecular flexibility index (Phi) is 4.56. The van der Waals surface area contributed by atoms with E-state index in [1.165, 1.54) is 0 Å². The maximum atomic E-state index is 13.0. The first kappa shape index (κ1) is 15.5. The van der Waals surface area contributed by atoms with E-state index in [0.717, 1.165) is 12.8 Å². The normalized spacial score (nSPS) is 28.8. The molecule has 7 heteroatoms. The number of hydrogen-bond acceptors (Lipinski definition) is 2. The number of nitrogens with two attached hydrogens (primary N) is 1. The minimum atomic E-state index is -4.32. The Morgan fingerprint density at radius 3 is 2.30 bits per heavy atom. The quantitative estimate of drug-likeness (QED) is 0.785. The molecule has 3 unspecified atom stereocenters. The van der Waals surface area contributed by atoms with Crippen molar-refractivity contribution in [2.75, 3.05) is 0 Å². The minimum Gasteiger partial charge on any atom is -0.392 e. The molecule has 20 heavy (non-hydrogen) atoms. The third-order valence-corrected chi connectivity index (χ3v) is 4.47. The maximum absolute atomic E-state index is 13.0. The average Bonchev–Trinajstić information content (AvgIpc) is 3.18. The largest absolute Gasteiger partial charge is 0.392 e. The van der Waals surface area contributed by atoms with Gasteiger partial charge in [-0.05, 0) is 31.6 Å². The van der Waals surface area contributed by atoms with Crippen LogP contribution in [0.2, 0.25) is 0 Å². The first-order chi connectivity index (χ1) is 9.30. The molecule has 3 atom stereocenters. The predicted molar refractivity (Wildman–Crippen MR) is 72.9 cm³/mol. The Morgan fingerprint density at radius 2 is 1.80 bits per heavy atom. The molecule has 0 spiro atoms. The zero-order valence-corrected chi connectivity index (χ0v) is 11.9. The van der Waals surface area contributed by atoms with Crippen LogP contribution in [0.5, 0.6) is 0 Å². The van der Waals surface area contributed by atoms with Gasteiger partial charge in [0, 0.05) is 5.92 Å². The summed E-state index contributed by atoms with van der Waals surface area (Å²) in [6.07, 6.45) is -0.999. The van der Waals surface area contributed by atoms with Crippen LogP contribution in [-0.4, -0.2) is 23.1 Å². The summed E-state index contributed by atoms with van der Waals surface area (Å²) in [6, 6.07) is -0.451. The molecule has 0 bridgehead atoms. The fourth-order valence-corrected chi connectivity index (χ4v) is 3.20. The second-order valence-corrected chi connectivity index (χ2v) is 6.24. The van der Waals surface area contributed by atoms with Gasteiger partial charge in [0.2, 0.25) is 5.91 Å². The topological polar surface area (TPSA) is 55.1 Å². The van der Waals surface area contributed by atoms with E-state index in [2.05, 4.69) is 5.32 Å². The van der Waals surface area contributed by atoms with Crippen LogP contribution in [0.3, 0.4) is 0 Å². The highest BCUT2D eigenvalue weighted by molar-refractivity contribution is 7.80. The van der Waals surface area contributed by atoms with Crippen molar-refractivity contribution in [3.63, 3.8) is 0 Å². The summed E-state index contributed by atoms with van der Waals surface area (Å²) in [7, 11) is 0. The highest BCUT2D eigenvalue weighted by Gasteiger charge is 2.48. The molecule has 0 heterocycles. The SMILES string of the molecule is NC(=S)C(NC(=O)C1CCCCC1C(F)(F)F)C1CC1. The van der Waals surface area contributed by atoms with Crippen molar-refractivity contribution in [1.82, 2.24) is 5.32 Å². The molecule has 3 nitrogen and oxygen atoms in total. The number of nitrogens with one attached hydrogen (secondary N) is 1. The molecular weight excluding hydrogens is 289 g/mol. The maximum Gasteiger partial charge on any atom is 0.392 e. The predicted octanol–water partition coefficient (Wildman–Crippen LogP) is 2.54. The molecule has 114 valence electrons. The molecule has 0 aromatic rings. The molecule has 2 fully saturated rings. The Morgan fingerprint density at radius 1 is 1.20 bits per heavy atom. The number of hydrogen-bond donors (Lipinski definition) is 2. The molecule has 2 rings (SSSR count). The number of thiocarbonyl (C=S) groups is 1. The van der Waals surface area contributed by atoms with E-state index in [9.17, 15) is 18.0 Å². The summed E-state index contributed by atoms with van der Waals surface area (Å²) in [5.41, 5.74) is 5.57. The second-order valence-electron chi connectivity index (χ2n) is 5.77. The summed E-state index contributed by atoms with van der Waals surface area (Å²) in [4.78, 5) is 12.3. The average molecular weight is 308 g/mol. The molecule has 0 aliphatic heterocycles. The Hall–Kier alpha value is -0.850. The number of carbonyl (C=O) groups excluding carboxylic acids is 1. The van der Waals surface area contributed by atoms with E-state index >= 15 is 0 Å². The van der Waals surface area contributed by atoms with Crippen LogP contribution in [0.25, 0.3) is 0 Å². The molecule has 1 amide bonds. The smallest absolute Gasteiger partial charge is 0.392 e. The van der Waals surface area contributed by atoms with E-state index in [-0.39, 0.29) is 23.7 Å². The number of carbonyl (C=O) groups is 1. The number of alkyl halides is 3. The third kappa shape index (κ3) is 3.62. The monoisotopic (exact) mass is 308 g/mol. The van der Waals surface area contributed by atoms with Gasteiger partial charge in [-0.1, -0.05) is 25.1 Å². The number of rotatable bonds is 4. The van der Waals surface area contributed by atoms with Crippen molar-refractivity contribution in [3.8, 4) is 0 Å². The highest BCUT2D eigenvalue weighted by atomic mass is 32.1. The van der Waals surface area contributed by atoms with Crippen LogP contribution in [0.15, 0.2) is 0 Å². The van der Waals surface area contributed by atoms with Gasteiger partial charge in [-0.3, -0.25) is 4.79 Å². The molecule has 3 N–H and O–H groups in total. The van der Waals surface area contributed by atoms with Crippen molar-refractivity contribution in [3.05, 3.63) is 0 Å². The standard InChI is InChI=1S/C13H19F3N2OS/c14-13(15,16)9-4-2-1-3-8(9)12(19)18-10(11(17)20)7-5-6-7/h7-10H,1-6H2,(H2,17,20)(H,18,19). The fourth-order valence-electron chi connectivity index (χ4n) is 2.95. The second kappa shape index (κ2) is 5.87. The van der Waals surface area contributed by atoms with E-state index in [4.69, 9.17) is 18.0 Å². The van der Waals surface area contributed by atoms with Gasteiger partial charge in [0.15, 0.2) is 0 Å². The molecular formula is C13H19F3N2OS. The van der Waals surface area contributed by atoms with Crippen LogP contribution in [0.4, 0.5) is 13.2 Å². The van der Waals surface area contributed by atoms with Crippen molar-refractivity contribution >= 4 is 23.1 Å². The third-order valence-electron chi connectivity index (χ3n) is 4.22. The first-order valence-corrected chi connectivity index (χ1v) is 7.38. The van der Waals surface area contributed by atoms with E-state index < -0.39 is 30.0 Å². The van der Waals surface area contributed by atoms with Crippen molar-refractivity contribution in [1.29, 1.82) is 0 Å². The minimum absolute atomic E-state index is 0.0305. The lowest BCUT2D eigenvalue weighted by molar-refractivity contribution is -0.198. The fraction of sp³-hybridized carbons (Fsp3) is 0.846. The van der Waals surface area contributed by atoms with E-state index in [1.807, 2.05) is 0 Å². The van der Waals surface area contributed by atoms with Gasteiger partial charge >= 0.3 is 6.18 Å². The lowest BCUT2D eigenvalue weighted by Crippen LogP contribution is -2.50. The van der Waals surface area contributed by atoms with Crippen molar-refractivity contribution < 1.29 is 18.0 Å². The van der Waals surface area contributed by atoms with Gasteiger partial charge in [-0.15, -0.1) is 0 Å². The van der Waals surface area contributed by atoms with Crippen molar-refractivity contribution in [2.24, 2.45) is 23.5 Å². The number of amides is 1. The van der Waals surface area contributed by atoms with Gasteiger partial charge in [0.05, 0.1) is 16.9 Å². The molecule has 0 saturated heterocycles. The first-order valence-electron chi connectivity index (χ1n) is 6.97. The van der Waals surface area contributed by atoms with Gasteiger partial charge < -0.3 is 11.1 Å². The summed E-state index contributed by atoms with van der Waals surface area (Å²) in [5.74, 6) is -2.89. The van der Waals surface area contributed by atoms with Gasteiger partial charge in [-0.25, -0.2) is 0 Å². The molecule has 2 aliphatic rings. The summed E-state index contributed by atoms with van der Waals surface area (Å²) in [6.45, 7) is 0. The zero-order chi connectivity index (χ0) is 14.9. The van der Waals surface area contributed by atoms with E-state index in [1.54, 1.807) is 0 Å². The van der Waals surface area contributed by atoms with Crippen LogP contribution in [0.1, 0.15) is 38.5 Å². The van der Waals surface area contributed by atoms with Crippen LogP contribution in [-0.2, 0) is 4.79 Å². The summed E-state index contributed by atoms with van der Waals surface area (Å²) in [5, 5.41) is 2.65. The number of halogens is 3. The zero-order valence-electron chi connectivity index (χ0n) is 11.1. The molecule has 2 aliphatic carbocycles. The molecule has 2 saturated carbocycles. The van der Waals surface area contributed by atoms with Gasteiger partial charge in [-0.2, -0.15) is 13.2 Å². The van der Waals surface area contributed by atoms with Crippen LogP contribution >= 0.6 is 12.2 Å². The summed E-state index contributed by atoms with van der Waals surface area (Å²) >= 11 is 4.90. The lowest BCUT2D eigenvalue weighted by Gasteiger charge is -2.33. The van der Waals surface area contributed by atoms with E-state index in [0.29, 0.717) is 12.8 Å². The molecule has 0 aromatic carbocycles. The van der Waals surface area contributed by atoms with Crippen LogP contribution in [0, 0.1) is 17.8 Å². The Bertz CT molecular complexity index is 396. The van der Waals surface area contributed by atoms with Gasteiger partial charge in [0.1, 0.15) is 0 Å². The molecule has 0 radical (unpaired) electrons. The Labute approximate surface area is 121 Å². The highest BCUT2D eigenvalue weighted by Crippen LogP contribution is 2.42. The lowest BCUT2D eigenvalue weighted by atomic mass is 9.78. The van der Waals surface area contributed by atoms with Crippen LogP contribution < -0.4 is 11.1 Å². The summed E-state index contributed by atoms with van der Waals surface area (Å²) < 4.78 is 39.0. The van der Waals surface area contributed by atoms with Crippen molar-refractivity contribution in [2.45, 2.75) is 50.7 Å². The van der Waals surface area contributed by atoms with Gasteiger partial charge in [0.25, 0.3) is 0 Å². The molecule has 0 aromatic heterocycles.